The minimum atomic E-state index is -3.94. The molecule has 0 spiro atoms. The van der Waals surface area contributed by atoms with E-state index >= 15 is 0 Å². The standard InChI is InChI=1S/C21H30NO12P/c1-12(23)30-11-17-19(31-13(2)24)20(32-14(3)25)18(22-35(26,28-5)29-6)21(34-17)33-16-9-7-15(27-4)8-10-16/h7-10,17-21H,11H2,1-6H3,(H,22,26)/t17-,18-,19-,20-,21-/m1/s1. The molecule has 0 unspecified atom stereocenters. The lowest BCUT2D eigenvalue weighted by Gasteiger charge is -2.45. The molecule has 1 aliphatic rings. The van der Waals surface area contributed by atoms with Gasteiger partial charge in [-0.05, 0) is 24.3 Å². The van der Waals surface area contributed by atoms with Crippen molar-refractivity contribution in [2.24, 2.45) is 0 Å². The first-order chi connectivity index (χ1) is 16.5. The number of rotatable bonds is 11. The molecule has 196 valence electrons. The van der Waals surface area contributed by atoms with Gasteiger partial charge in [0.05, 0.1) is 7.11 Å². The van der Waals surface area contributed by atoms with Crippen LogP contribution in [-0.2, 0) is 46.9 Å². The van der Waals surface area contributed by atoms with Crippen molar-refractivity contribution >= 4 is 25.7 Å². The van der Waals surface area contributed by atoms with E-state index in [1.54, 1.807) is 24.3 Å². The molecule has 0 aromatic heterocycles. The van der Waals surface area contributed by atoms with E-state index in [9.17, 15) is 18.9 Å². The maximum Gasteiger partial charge on any atom is 0.405 e. The number of hydrogen-bond donors (Lipinski definition) is 1. The van der Waals surface area contributed by atoms with Gasteiger partial charge in [0.1, 0.15) is 30.3 Å². The van der Waals surface area contributed by atoms with Crippen LogP contribution < -0.4 is 14.6 Å². The van der Waals surface area contributed by atoms with Gasteiger partial charge in [0.2, 0.25) is 6.29 Å². The Morgan fingerprint density at radius 1 is 0.886 bits per heavy atom. The van der Waals surface area contributed by atoms with Crippen molar-refractivity contribution in [3.8, 4) is 11.5 Å². The maximum absolute atomic E-state index is 13.0. The number of methoxy groups -OCH3 is 1. The Morgan fingerprint density at radius 2 is 1.43 bits per heavy atom. The summed E-state index contributed by atoms with van der Waals surface area (Å²) in [5.74, 6) is -1.19. The van der Waals surface area contributed by atoms with Crippen molar-refractivity contribution in [3.05, 3.63) is 24.3 Å². The molecular weight excluding hydrogens is 489 g/mol. The SMILES string of the molecule is COc1ccc(O[C@@H]2O[C@H](COC(C)=O)[C@@H](OC(C)=O)[C@H](OC(C)=O)[C@H]2NP(=O)(OC)OC)cc1. The van der Waals surface area contributed by atoms with Gasteiger partial charge < -0.3 is 37.5 Å². The molecule has 0 amide bonds. The average Bonchev–Trinajstić information content (AvgIpc) is 2.81. The van der Waals surface area contributed by atoms with Crippen molar-refractivity contribution in [1.29, 1.82) is 0 Å². The van der Waals surface area contributed by atoms with E-state index < -0.39 is 56.3 Å². The van der Waals surface area contributed by atoms with Gasteiger partial charge in [0, 0.05) is 35.0 Å². The molecule has 13 nitrogen and oxygen atoms in total. The third-order valence-corrected chi connectivity index (χ3v) is 6.38. The van der Waals surface area contributed by atoms with E-state index in [0.717, 1.165) is 28.1 Å². The molecule has 1 aromatic carbocycles. The highest BCUT2D eigenvalue weighted by molar-refractivity contribution is 7.51. The molecule has 0 bridgehead atoms. The zero-order chi connectivity index (χ0) is 26.2. The van der Waals surface area contributed by atoms with Crippen LogP contribution in [0.15, 0.2) is 24.3 Å². The second kappa shape index (κ2) is 12.8. The van der Waals surface area contributed by atoms with Crippen LogP contribution in [0.25, 0.3) is 0 Å². The fourth-order valence-corrected chi connectivity index (χ4v) is 4.29. The van der Waals surface area contributed by atoms with Gasteiger partial charge in [-0.2, -0.15) is 0 Å². The van der Waals surface area contributed by atoms with E-state index in [4.69, 9.17) is 37.5 Å². The fourth-order valence-electron chi connectivity index (χ4n) is 3.29. The van der Waals surface area contributed by atoms with Crippen molar-refractivity contribution in [2.75, 3.05) is 27.9 Å². The summed E-state index contributed by atoms with van der Waals surface area (Å²) in [5, 5.41) is 2.63. The van der Waals surface area contributed by atoms with E-state index in [1.807, 2.05) is 0 Å². The van der Waals surface area contributed by atoms with Crippen LogP contribution in [-0.4, -0.2) is 76.5 Å². The lowest BCUT2D eigenvalue weighted by molar-refractivity contribution is -0.255. The summed E-state index contributed by atoms with van der Waals surface area (Å²) in [7, 11) is -0.144. The smallest absolute Gasteiger partial charge is 0.405 e. The number of hydrogen-bond acceptors (Lipinski definition) is 12. The lowest BCUT2D eigenvalue weighted by atomic mass is 9.97. The average molecular weight is 519 g/mol. The van der Waals surface area contributed by atoms with Gasteiger partial charge in [0.15, 0.2) is 12.2 Å². The highest BCUT2D eigenvalue weighted by Crippen LogP contribution is 2.44. The number of carbonyl (C=O) groups excluding carboxylic acids is 3. The molecule has 5 atom stereocenters. The Labute approximate surface area is 202 Å². The summed E-state index contributed by atoms with van der Waals surface area (Å²) >= 11 is 0. The second-order valence-electron chi connectivity index (χ2n) is 7.30. The van der Waals surface area contributed by atoms with Crippen molar-refractivity contribution < 1.29 is 56.4 Å². The van der Waals surface area contributed by atoms with Crippen molar-refractivity contribution in [3.63, 3.8) is 0 Å². The minimum Gasteiger partial charge on any atom is -0.497 e. The molecule has 2 rings (SSSR count). The van der Waals surface area contributed by atoms with Crippen molar-refractivity contribution in [2.45, 2.75) is 51.4 Å². The first-order valence-corrected chi connectivity index (χ1v) is 12.0. The molecule has 0 radical (unpaired) electrons. The van der Waals surface area contributed by atoms with Gasteiger partial charge in [-0.25, -0.2) is 9.65 Å². The Kier molecular flexibility index (Phi) is 10.5. The van der Waals surface area contributed by atoms with Crippen LogP contribution in [0.3, 0.4) is 0 Å². The van der Waals surface area contributed by atoms with E-state index in [-0.39, 0.29) is 6.61 Å². The summed E-state index contributed by atoms with van der Waals surface area (Å²) in [6.07, 6.45) is -5.00. The highest BCUT2D eigenvalue weighted by atomic mass is 31.2. The summed E-state index contributed by atoms with van der Waals surface area (Å²) in [4.78, 5) is 35.3. The topological polar surface area (TPSA) is 154 Å². The van der Waals surface area contributed by atoms with E-state index in [1.165, 1.54) is 14.0 Å². The van der Waals surface area contributed by atoms with Gasteiger partial charge in [-0.3, -0.25) is 14.4 Å². The Hall–Kier alpha value is -2.70. The lowest BCUT2D eigenvalue weighted by Crippen LogP contribution is -2.66. The van der Waals surface area contributed by atoms with Crippen LogP contribution in [0.1, 0.15) is 20.8 Å². The molecular formula is C21H30NO12P. The number of esters is 3. The van der Waals surface area contributed by atoms with E-state index in [2.05, 4.69) is 5.09 Å². The zero-order valence-corrected chi connectivity index (χ0v) is 21.1. The molecule has 1 heterocycles. The summed E-state index contributed by atoms with van der Waals surface area (Å²) in [6.45, 7) is 3.12. The van der Waals surface area contributed by atoms with Gasteiger partial charge in [0.25, 0.3) is 0 Å². The number of benzene rings is 1. The first kappa shape index (κ1) is 28.5. The van der Waals surface area contributed by atoms with Crippen LogP contribution >= 0.6 is 7.75 Å². The highest BCUT2D eigenvalue weighted by Gasteiger charge is 2.53. The van der Waals surface area contributed by atoms with Gasteiger partial charge >= 0.3 is 25.7 Å². The predicted octanol–water partition coefficient (Wildman–Crippen LogP) is 1.58. The first-order valence-electron chi connectivity index (χ1n) is 10.4. The number of ether oxygens (including phenoxy) is 6. The maximum atomic E-state index is 13.0. The predicted molar refractivity (Wildman–Crippen MR) is 119 cm³/mol. The summed E-state index contributed by atoms with van der Waals surface area (Å²) in [5.41, 5.74) is 0. The molecule has 1 aromatic rings. The summed E-state index contributed by atoms with van der Waals surface area (Å²) in [6, 6.07) is 5.22. The van der Waals surface area contributed by atoms with E-state index in [0.29, 0.717) is 11.5 Å². The van der Waals surface area contributed by atoms with Crippen molar-refractivity contribution in [1.82, 2.24) is 5.09 Å². The normalized spacial score (nSPS) is 24.2. The number of carbonyl (C=O) groups is 3. The Bertz CT molecular complexity index is 915. The molecule has 35 heavy (non-hydrogen) atoms. The Balaban J connectivity index is 2.52. The third-order valence-electron chi connectivity index (χ3n) is 4.80. The van der Waals surface area contributed by atoms with Gasteiger partial charge in [-0.1, -0.05) is 0 Å². The minimum absolute atomic E-state index is 0.311. The molecule has 1 fully saturated rings. The second-order valence-corrected chi connectivity index (χ2v) is 9.29. The molecule has 14 heteroatoms. The van der Waals surface area contributed by atoms with Gasteiger partial charge in [-0.15, -0.1) is 0 Å². The quantitative estimate of drug-likeness (QED) is 0.256. The monoisotopic (exact) mass is 519 g/mol. The largest absolute Gasteiger partial charge is 0.497 e. The molecule has 0 aliphatic carbocycles. The van der Waals surface area contributed by atoms with Crippen LogP contribution in [0.5, 0.6) is 11.5 Å². The summed E-state index contributed by atoms with van der Waals surface area (Å²) < 4.78 is 55.9. The molecule has 1 N–H and O–H groups in total. The molecule has 0 saturated carbocycles. The van der Waals surface area contributed by atoms with Crippen LogP contribution in [0.2, 0.25) is 0 Å². The zero-order valence-electron chi connectivity index (χ0n) is 20.2. The third kappa shape index (κ3) is 8.18. The Morgan fingerprint density at radius 3 is 1.91 bits per heavy atom. The van der Waals surface area contributed by atoms with Crippen LogP contribution in [0, 0.1) is 0 Å². The fraction of sp³-hybridized carbons (Fsp3) is 0.571. The molecule has 1 saturated heterocycles. The molecule has 1 aliphatic heterocycles. The van der Waals surface area contributed by atoms with Crippen LogP contribution in [0.4, 0.5) is 0 Å². The number of nitrogens with one attached hydrogen (secondary N) is 1.